The maximum absolute atomic E-state index is 12.9. The molecule has 2 aromatic rings. The average molecular weight is 471 g/mol. The number of unbranched alkanes of at least 4 members (excludes halogenated alkanes) is 1. The number of halogens is 1. The number of amides is 2. The summed E-state index contributed by atoms with van der Waals surface area (Å²) in [5, 5.41) is 2.58. The van der Waals surface area contributed by atoms with Crippen LogP contribution in [0.2, 0.25) is 0 Å². The fourth-order valence-electron chi connectivity index (χ4n) is 3.03. The molecule has 3 rings (SSSR count). The molecule has 0 bridgehead atoms. The van der Waals surface area contributed by atoms with Crippen LogP contribution in [-0.2, 0) is 19.1 Å². The summed E-state index contributed by atoms with van der Waals surface area (Å²) in [5.74, 6) is -2.27. The van der Waals surface area contributed by atoms with Gasteiger partial charge in [0.15, 0.2) is 0 Å². The van der Waals surface area contributed by atoms with E-state index in [4.69, 9.17) is 21.1 Å². The second-order valence-corrected chi connectivity index (χ2v) is 7.47. The molecule has 0 aromatic heterocycles. The normalized spacial score (nSPS) is 13.4. The van der Waals surface area contributed by atoms with Gasteiger partial charge in [0.25, 0.3) is 11.8 Å². The highest BCUT2D eigenvalue weighted by Crippen LogP contribution is 2.30. The number of carbonyl (C=O) groups is 4. The van der Waals surface area contributed by atoms with Crippen LogP contribution in [0, 0.1) is 0 Å². The van der Waals surface area contributed by atoms with Crippen LogP contribution in [0.5, 0.6) is 0 Å². The quantitative estimate of drug-likeness (QED) is 0.332. The second-order valence-electron chi connectivity index (χ2n) is 7.09. The van der Waals surface area contributed by atoms with Crippen LogP contribution >= 0.6 is 11.6 Å². The topological polar surface area (TPSA) is 102 Å². The molecule has 1 heterocycles. The number of hydrogen-bond donors (Lipinski definition) is 1. The summed E-state index contributed by atoms with van der Waals surface area (Å²) in [6.07, 6.45) is 1.71. The van der Waals surface area contributed by atoms with Crippen molar-refractivity contribution in [3.05, 3.63) is 70.4 Å². The molecule has 9 heteroatoms. The highest BCUT2D eigenvalue weighted by atomic mass is 35.5. The van der Waals surface area contributed by atoms with E-state index in [1.54, 1.807) is 31.2 Å². The van der Waals surface area contributed by atoms with Crippen molar-refractivity contribution in [2.45, 2.75) is 26.7 Å². The summed E-state index contributed by atoms with van der Waals surface area (Å²) in [7, 11) is 0. The minimum Gasteiger partial charge on any atom is -0.462 e. The van der Waals surface area contributed by atoms with Gasteiger partial charge >= 0.3 is 11.9 Å². The van der Waals surface area contributed by atoms with Crippen LogP contribution in [-0.4, -0.2) is 37.0 Å². The maximum atomic E-state index is 12.9. The zero-order chi connectivity index (χ0) is 24.0. The molecule has 2 aromatic carbocycles. The fraction of sp³-hybridized carbons (Fsp3) is 0.250. The first-order valence-electron chi connectivity index (χ1n) is 10.5. The molecule has 1 aliphatic heterocycles. The van der Waals surface area contributed by atoms with E-state index in [1.165, 1.54) is 24.3 Å². The Morgan fingerprint density at radius 1 is 0.879 bits per heavy atom. The Hall–Kier alpha value is -3.65. The lowest BCUT2D eigenvalue weighted by Crippen LogP contribution is -2.32. The predicted molar refractivity (Wildman–Crippen MR) is 123 cm³/mol. The lowest BCUT2D eigenvalue weighted by molar-refractivity contribution is -0.120. The van der Waals surface area contributed by atoms with Gasteiger partial charge in [-0.25, -0.2) is 14.5 Å². The molecule has 0 spiro atoms. The number of nitrogens with zero attached hydrogens (tertiary/aromatic N) is 1. The predicted octanol–water partition coefficient (Wildman–Crippen LogP) is 4.26. The van der Waals surface area contributed by atoms with Gasteiger partial charge < -0.3 is 14.8 Å². The van der Waals surface area contributed by atoms with Gasteiger partial charge in [-0.15, -0.1) is 0 Å². The summed E-state index contributed by atoms with van der Waals surface area (Å²) in [6.45, 7) is 4.29. The first-order valence-corrected chi connectivity index (χ1v) is 10.8. The Balaban J connectivity index is 1.71. The molecular weight excluding hydrogens is 448 g/mol. The van der Waals surface area contributed by atoms with Gasteiger partial charge in [-0.1, -0.05) is 24.9 Å². The number of imide groups is 1. The fourth-order valence-corrected chi connectivity index (χ4v) is 3.25. The molecule has 33 heavy (non-hydrogen) atoms. The van der Waals surface area contributed by atoms with Crippen molar-refractivity contribution in [2.75, 3.05) is 23.4 Å². The van der Waals surface area contributed by atoms with Gasteiger partial charge in [-0.2, -0.15) is 0 Å². The van der Waals surface area contributed by atoms with Crippen LogP contribution in [0.4, 0.5) is 11.4 Å². The van der Waals surface area contributed by atoms with Gasteiger partial charge in [-0.3, -0.25) is 9.59 Å². The van der Waals surface area contributed by atoms with Crippen LogP contribution in [0.3, 0.4) is 0 Å². The molecule has 0 radical (unpaired) electrons. The Kier molecular flexibility index (Phi) is 7.84. The molecule has 0 atom stereocenters. The minimum absolute atomic E-state index is 0.0885. The lowest BCUT2D eigenvalue weighted by Gasteiger charge is -2.15. The van der Waals surface area contributed by atoms with Crippen molar-refractivity contribution in [1.29, 1.82) is 0 Å². The van der Waals surface area contributed by atoms with Crippen LogP contribution in [0.25, 0.3) is 0 Å². The van der Waals surface area contributed by atoms with Crippen molar-refractivity contribution in [2.24, 2.45) is 0 Å². The lowest BCUT2D eigenvalue weighted by atomic mass is 10.2. The van der Waals surface area contributed by atoms with Crippen molar-refractivity contribution in [3.63, 3.8) is 0 Å². The highest BCUT2D eigenvalue weighted by molar-refractivity contribution is 6.53. The van der Waals surface area contributed by atoms with Crippen LogP contribution < -0.4 is 10.2 Å². The minimum atomic E-state index is -0.691. The van der Waals surface area contributed by atoms with Crippen LogP contribution in [0.15, 0.2) is 59.3 Å². The molecule has 0 saturated heterocycles. The molecule has 172 valence electrons. The first-order chi connectivity index (χ1) is 15.9. The third kappa shape index (κ3) is 5.40. The third-order valence-corrected chi connectivity index (χ3v) is 5.14. The van der Waals surface area contributed by atoms with Gasteiger partial charge in [0.05, 0.1) is 30.0 Å². The van der Waals surface area contributed by atoms with Gasteiger partial charge in [0, 0.05) is 5.69 Å². The van der Waals surface area contributed by atoms with E-state index in [0.29, 0.717) is 23.4 Å². The monoisotopic (exact) mass is 470 g/mol. The molecule has 0 unspecified atom stereocenters. The number of esters is 2. The molecule has 0 aliphatic carbocycles. The Morgan fingerprint density at radius 2 is 1.45 bits per heavy atom. The van der Waals surface area contributed by atoms with E-state index in [9.17, 15) is 19.2 Å². The van der Waals surface area contributed by atoms with Crippen molar-refractivity contribution >= 4 is 46.7 Å². The van der Waals surface area contributed by atoms with E-state index in [-0.39, 0.29) is 23.0 Å². The van der Waals surface area contributed by atoms with Gasteiger partial charge in [-0.05, 0) is 61.9 Å². The zero-order valence-corrected chi connectivity index (χ0v) is 19.0. The SMILES string of the molecule is CCCCOC(=O)c1ccc(NC2=C(Cl)C(=O)N(c3ccc(C(=O)OCC)cc3)C2=O)cc1. The summed E-state index contributed by atoms with van der Waals surface area (Å²) >= 11 is 6.15. The number of ether oxygens (including phenoxy) is 2. The maximum Gasteiger partial charge on any atom is 0.338 e. The Labute approximate surface area is 196 Å². The van der Waals surface area contributed by atoms with E-state index in [0.717, 1.165) is 17.7 Å². The number of anilines is 2. The van der Waals surface area contributed by atoms with Crippen molar-refractivity contribution < 1.29 is 28.7 Å². The van der Waals surface area contributed by atoms with E-state index >= 15 is 0 Å². The molecule has 1 aliphatic rings. The smallest absolute Gasteiger partial charge is 0.338 e. The highest BCUT2D eigenvalue weighted by Gasteiger charge is 2.39. The summed E-state index contributed by atoms with van der Waals surface area (Å²) in [5.41, 5.74) is 1.31. The van der Waals surface area contributed by atoms with E-state index in [1.807, 2.05) is 6.92 Å². The van der Waals surface area contributed by atoms with Gasteiger partial charge in [0.2, 0.25) is 0 Å². The number of hydrogen-bond acceptors (Lipinski definition) is 7. The number of carbonyl (C=O) groups excluding carboxylic acids is 4. The Morgan fingerprint density at radius 3 is 2.03 bits per heavy atom. The van der Waals surface area contributed by atoms with E-state index < -0.39 is 23.8 Å². The van der Waals surface area contributed by atoms with E-state index in [2.05, 4.69) is 5.32 Å². The second kappa shape index (κ2) is 10.8. The average Bonchev–Trinajstić information content (AvgIpc) is 3.03. The van der Waals surface area contributed by atoms with Crippen molar-refractivity contribution in [1.82, 2.24) is 0 Å². The largest absolute Gasteiger partial charge is 0.462 e. The van der Waals surface area contributed by atoms with Gasteiger partial charge in [0.1, 0.15) is 10.7 Å². The zero-order valence-electron chi connectivity index (χ0n) is 18.2. The molecule has 0 fully saturated rings. The number of rotatable bonds is 9. The third-order valence-electron chi connectivity index (χ3n) is 4.78. The molecule has 2 amide bonds. The standard InChI is InChI=1S/C24H23ClN2O6/c1-3-5-14-33-24(31)15-6-10-17(11-7-15)26-20-19(25)21(28)27(22(20)29)18-12-8-16(9-13-18)23(30)32-4-2/h6-13,26H,3-5,14H2,1-2H3. The number of benzene rings is 2. The molecular formula is C24H23ClN2O6. The molecule has 8 nitrogen and oxygen atoms in total. The first kappa shape index (κ1) is 24.0. The van der Waals surface area contributed by atoms with Crippen LogP contribution in [0.1, 0.15) is 47.4 Å². The summed E-state index contributed by atoms with van der Waals surface area (Å²) in [6, 6.07) is 12.1. The molecule has 0 saturated carbocycles. The number of nitrogens with one attached hydrogen (secondary N) is 1. The van der Waals surface area contributed by atoms with Crippen molar-refractivity contribution in [3.8, 4) is 0 Å². The summed E-state index contributed by atoms with van der Waals surface area (Å²) in [4.78, 5) is 50.3. The Bertz CT molecular complexity index is 1090. The summed E-state index contributed by atoms with van der Waals surface area (Å²) < 4.78 is 10.1. The molecule has 1 N–H and O–H groups in total.